The summed E-state index contributed by atoms with van der Waals surface area (Å²) >= 11 is 0. The first-order valence-corrected chi connectivity index (χ1v) is 16.5. The van der Waals surface area contributed by atoms with Crippen LogP contribution in [0.2, 0.25) is 0 Å². The number of nitrogens with one attached hydrogen (secondary N) is 2. The molecule has 2 saturated carbocycles. The Morgan fingerprint density at radius 2 is 1.88 bits per heavy atom. The molecule has 0 bridgehead atoms. The first kappa shape index (κ1) is 31.0. The molecular formula is C35H36F3N9O5. The summed E-state index contributed by atoms with van der Waals surface area (Å²) in [6, 6.07) is 5.27. The number of aromatic amines is 1. The third kappa shape index (κ3) is 5.54. The van der Waals surface area contributed by atoms with Gasteiger partial charge in [0.15, 0.2) is 0 Å². The minimum Gasteiger partial charge on any atom is -0.475 e. The van der Waals surface area contributed by atoms with Gasteiger partial charge in [0.1, 0.15) is 5.65 Å². The monoisotopic (exact) mass is 722 g/mol. The molecule has 5 aromatic rings. The quantitative estimate of drug-likeness (QED) is 0.201. The number of aliphatic carboxylic acids is 1. The van der Waals surface area contributed by atoms with Gasteiger partial charge in [0, 0.05) is 71.3 Å². The Morgan fingerprint density at radius 1 is 1.13 bits per heavy atom. The predicted octanol–water partition coefficient (Wildman–Crippen LogP) is 4.08. The molecule has 8 rings (SSSR count). The van der Waals surface area contributed by atoms with E-state index in [9.17, 15) is 27.6 Å². The summed E-state index contributed by atoms with van der Waals surface area (Å²) < 4.78 is 58.2. The van der Waals surface area contributed by atoms with Gasteiger partial charge in [0.05, 0.1) is 46.3 Å². The predicted molar refractivity (Wildman–Crippen MR) is 183 cm³/mol. The van der Waals surface area contributed by atoms with E-state index in [4.69, 9.17) is 24.7 Å². The van der Waals surface area contributed by atoms with Crippen LogP contribution in [0.25, 0.3) is 44.3 Å². The summed E-state index contributed by atoms with van der Waals surface area (Å²) in [6.07, 6.45) is 5.49. The van der Waals surface area contributed by atoms with Gasteiger partial charge in [0.25, 0.3) is 0 Å². The van der Waals surface area contributed by atoms with E-state index in [0.29, 0.717) is 54.3 Å². The van der Waals surface area contributed by atoms with E-state index < -0.39 is 35.9 Å². The lowest BCUT2D eigenvalue weighted by molar-refractivity contribution is -0.192. The van der Waals surface area contributed by atoms with Crippen LogP contribution in [0.1, 0.15) is 54.6 Å². The van der Waals surface area contributed by atoms with Gasteiger partial charge in [-0.2, -0.15) is 23.4 Å². The molecule has 1 aliphatic heterocycles. The molecular weight excluding hydrogens is 683 g/mol. The van der Waals surface area contributed by atoms with Crippen LogP contribution < -0.4 is 16.0 Å². The number of carbonyl (C=O) groups excluding carboxylic acids is 3. The molecule has 0 unspecified atom stereocenters. The van der Waals surface area contributed by atoms with Crippen molar-refractivity contribution < 1.29 is 41.6 Å². The number of hydrogen-bond donors (Lipinski definition) is 4. The SMILES string of the molecule is O=C(O)C(F)(F)F.[2H]C([2H])([2H])n1ncc2cc(-c3c(-c4cnn(C)c4)[nH]c4ncc5c(c34)[C@@]3(CC[C@H](NC(=O)C4(CC(N)=O)CCC4)C3)C(=O)N5C)ccc21. The number of carbonyl (C=O) groups is 4. The summed E-state index contributed by atoms with van der Waals surface area (Å²) in [5.74, 6) is -3.46. The number of carboxylic acid groups (broad SMARTS) is 1. The highest BCUT2D eigenvalue weighted by molar-refractivity contribution is 6.16. The van der Waals surface area contributed by atoms with Crippen molar-refractivity contribution >= 4 is 51.3 Å². The average Bonchev–Trinajstić information content (AvgIpc) is 3.91. The number of alkyl halides is 3. The molecule has 5 N–H and O–H groups in total. The van der Waals surface area contributed by atoms with E-state index in [1.807, 2.05) is 25.4 Å². The fourth-order valence-corrected chi connectivity index (χ4v) is 8.01. The molecule has 2 fully saturated rings. The van der Waals surface area contributed by atoms with E-state index in [1.54, 1.807) is 41.3 Å². The molecule has 0 radical (unpaired) electrons. The Bertz CT molecular complexity index is 2400. The largest absolute Gasteiger partial charge is 0.490 e. The second-order valence-electron chi connectivity index (χ2n) is 13.8. The summed E-state index contributed by atoms with van der Waals surface area (Å²) in [7, 11) is 3.60. The van der Waals surface area contributed by atoms with Crippen molar-refractivity contribution in [1.82, 2.24) is 34.8 Å². The van der Waals surface area contributed by atoms with E-state index in [-0.39, 0.29) is 24.3 Å². The van der Waals surface area contributed by atoms with Crippen molar-refractivity contribution in [2.24, 2.45) is 25.2 Å². The summed E-state index contributed by atoms with van der Waals surface area (Å²) in [5.41, 5.74) is 9.66. The highest BCUT2D eigenvalue weighted by atomic mass is 19.4. The van der Waals surface area contributed by atoms with Crippen LogP contribution in [-0.2, 0) is 38.6 Å². The number of aryl methyl sites for hydroxylation is 2. The number of benzene rings is 1. The Labute approximate surface area is 298 Å². The normalized spacial score (nSPS) is 21.6. The molecule has 14 nitrogen and oxygen atoms in total. The maximum absolute atomic E-state index is 14.3. The molecule has 52 heavy (non-hydrogen) atoms. The Kier molecular flexibility index (Phi) is 7.28. The Hall–Kier alpha value is -5.74. The summed E-state index contributed by atoms with van der Waals surface area (Å²) in [5, 5.41) is 20.3. The third-order valence-electron chi connectivity index (χ3n) is 10.6. The fraction of sp³-hybridized carbons (Fsp3) is 0.400. The zero-order valence-corrected chi connectivity index (χ0v) is 28.0. The van der Waals surface area contributed by atoms with E-state index in [2.05, 4.69) is 20.5 Å². The molecule has 1 aromatic carbocycles. The number of halogens is 3. The first-order chi connectivity index (χ1) is 25.8. The van der Waals surface area contributed by atoms with Gasteiger partial charge in [0.2, 0.25) is 17.7 Å². The van der Waals surface area contributed by atoms with Gasteiger partial charge in [-0.15, -0.1) is 0 Å². The Balaban J connectivity index is 0.000000609. The molecule has 0 saturated heterocycles. The van der Waals surface area contributed by atoms with Crippen LogP contribution in [0.3, 0.4) is 0 Å². The topological polar surface area (TPSA) is 194 Å². The molecule has 5 heterocycles. The van der Waals surface area contributed by atoms with Crippen molar-refractivity contribution in [3.05, 3.63) is 48.5 Å². The number of pyridine rings is 1. The second-order valence-corrected chi connectivity index (χ2v) is 13.8. The molecule has 1 spiro atoms. The lowest BCUT2D eigenvalue weighted by Gasteiger charge is -2.40. The number of hydrogen-bond acceptors (Lipinski definition) is 7. The number of fused-ring (bicyclic) bond motifs is 5. The molecule has 3 aliphatic rings. The standard InChI is InChI=1S/C33H35N9O3.C2HF3O2/c1-40-17-20(15-36-40)28-25(18-5-6-22-19(11-18)14-37-42(22)3)26-27-23(16-35-29(26)39-28)41(2)31(45)33(27)10-7-21(12-33)38-30(44)32(8-4-9-32)13-24(34)43;3-2(4,5)1(6)7/h5-6,11,14-17,21H,4,7-10,12-13H2,1-3H3,(H2,34,43)(H,35,39)(H,38,44);(H,6,7)/t21-,33-;/m0./s1/i3D3;. The van der Waals surface area contributed by atoms with Crippen LogP contribution in [-0.4, -0.2) is 77.6 Å². The highest BCUT2D eigenvalue weighted by Gasteiger charge is 2.56. The molecule has 2 atom stereocenters. The maximum atomic E-state index is 14.3. The number of likely N-dealkylation sites (N-methyl/N-ethyl adjacent to an activating group) is 1. The van der Waals surface area contributed by atoms with Gasteiger partial charge in [-0.3, -0.25) is 23.7 Å². The van der Waals surface area contributed by atoms with Crippen molar-refractivity contribution in [1.29, 1.82) is 0 Å². The number of carboxylic acids is 1. The third-order valence-corrected chi connectivity index (χ3v) is 10.6. The van der Waals surface area contributed by atoms with Crippen LogP contribution in [0.5, 0.6) is 0 Å². The lowest BCUT2D eigenvalue weighted by Crippen LogP contribution is -2.50. The smallest absolute Gasteiger partial charge is 0.475 e. The van der Waals surface area contributed by atoms with Crippen LogP contribution in [0.15, 0.2) is 43.0 Å². The van der Waals surface area contributed by atoms with E-state index in [1.165, 1.54) is 0 Å². The van der Waals surface area contributed by atoms with E-state index in [0.717, 1.165) is 44.4 Å². The summed E-state index contributed by atoms with van der Waals surface area (Å²) in [6.45, 7) is -2.43. The zero-order chi connectivity index (χ0) is 39.8. The number of nitrogens with zero attached hydrogens (tertiary/aromatic N) is 6. The lowest BCUT2D eigenvalue weighted by atomic mass is 9.65. The van der Waals surface area contributed by atoms with Gasteiger partial charge in [-0.1, -0.05) is 12.5 Å². The van der Waals surface area contributed by atoms with Crippen LogP contribution in [0.4, 0.5) is 18.9 Å². The number of nitrogens with two attached hydrogens (primary N) is 1. The summed E-state index contributed by atoms with van der Waals surface area (Å²) in [4.78, 5) is 58.5. The van der Waals surface area contributed by atoms with Crippen molar-refractivity contribution in [3.8, 4) is 22.4 Å². The maximum Gasteiger partial charge on any atom is 0.490 e. The van der Waals surface area contributed by atoms with Crippen molar-refractivity contribution in [3.63, 3.8) is 0 Å². The van der Waals surface area contributed by atoms with Crippen molar-refractivity contribution in [2.45, 2.75) is 62.6 Å². The van der Waals surface area contributed by atoms with Gasteiger partial charge >= 0.3 is 12.1 Å². The zero-order valence-electron chi connectivity index (χ0n) is 31.0. The Morgan fingerprint density at radius 3 is 2.50 bits per heavy atom. The number of amides is 3. The number of H-pyrrole nitrogens is 1. The molecule has 3 amide bonds. The van der Waals surface area contributed by atoms with Crippen LogP contribution in [0, 0.1) is 5.41 Å². The first-order valence-electron chi connectivity index (χ1n) is 18.0. The average molecular weight is 723 g/mol. The van der Waals surface area contributed by atoms with E-state index >= 15 is 0 Å². The highest BCUT2D eigenvalue weighted by Crippen LogP contribution is 2.56. The molecule has 272 valence electrons. The molecule has 4 aromatic heterocycles. The fourth-order valence-electron chi connectivity index (χ4n) is 8.01. The van der Waals surface area contributed by atoms with Gasteiger partial charge in [-0.25, -0.2) is 9.78 Å². The number of rotatable bonds is 6. The number of anilines is 1. The minimum absolute atomic E-state index is 0.0208. The van der Waals surface area contributed by atoms with Crippen molar-refractivity contribution in [2.75, 3.05) is 11.9 Å². The van der Waals surface area contributed by atoms with Gasteiger partial charge < -0.3 is 26.0 Å². The number of primary amides is 1. The minimum atomic E-state index is -5.08. The van der Waals surface area contributed by atoms with Gasteiger partial charge in [-0.05, 0) is 49.8 Å². The molecule has 17 heteroatoms. The molecule has 2 aliphatic carbocycles. The van der Waals surface area contributed by atoms with Crippen LogP contribution >= 0.6 is 0 Å². The second kappa shape index (κ2) is 12.2. The number of aromatic nitrogens is 6.